The van der Waals surface area contributed by atoms with Gasteiger partial charge < -0.3 is 9.84 Å². The van der Waals surface area contributed by atoms with Crippen LogP contribution in [0, 0.1) is 6.57 Å². The average molecular weight is 367 g/mol. The first-order valence-electron chi connectivity index (χ1n) is 7.99. The molecule has 1 N–H and O–H groups in total. The molecule has 0 bridgehead atoms. The number of aromatic nitrogens is 1. The highest BCUT2D eigenvalue weighted by Gasteiger charge is 2.11. The summed E-state index contributed by atoms with van der Waals surface area (Å²) in [5.74, 6) is 0.998. The van der Waals surface area contributed by atoms with Gasteiger partial charge in [-0.2, -0.15) is 0 Å². The molecule has 0 unspecified atom stereocenters. The summed E-state index contributed by atoms with van der Waals surface area (Å²) in [6.07, 6.45) is 2.32. The molecule has 0 atom stereocenters. The smallest absolute Gasteiger partial charge is 0.228 e. The lowest BCUT2D eigenvalue weighted by Crippen LogP contribution is -2.01. The number of hydrogen-bond acceptors (Lipinski definition) is 4. The number of nitrogens with zero attached hydrogens (tertiary/aromatic N) is 2. The molecule has 0 aliphatic heterocycles. The maximum atomic E-state index is 11.6. The SMILES string of the molecule is [C-]#[N+]c1cc2c(Oc3ccc(CC(=O)CC)c(Cl)c3)ccnc2cc1O. The third kappa shape index (κ3) is 3.61. The standard InChI is InChI=1S/C20H15ClN2O3/c1-3-13(24)8-12-4-5-14(9-16(12)21)26-20-6-7-23-17-11-19(25)18(22-2)10-15(17)20/h4-7,9-11,25H,3,8H2,1H3. The summed E-state index contributed by atoms with van der Waals surface area (Å²) in [6, 6.07) is 9.81. The molecule has 0 aliphatic carbocycles. The lowest BCUT2D eigenvalue weighted by atomic mass is 10.1. The summed E-state index contributed by atoms with van der Waals surface area (Å²) in [4.78, 5) is 19.1. The largest absolute Gasteiger partial charge is 0.519 e. The fourth-order valence-corrected chi connectivity index (χ4v) is 2.76. The van der Waals surface area contributed by atoms with Gasteiger partial charge in [-0.1, -0.05) is 24.6 Å². The van der Waals surface area contributed by atoms with Crippen LogP contribution in [0.15, 0.2) is 42.6 Å². The number of aromatic hydroxyl groups is 1. The Kier molecular flexibility index (Phi) is 5.06. The maximum absolute atomic E-state index is 11.6. The molecule has 0 spiro atoms. The number of phenols is 1. The predicted octanol–water partition coefficient (Wildman–Crippen LogP) is 5.46. The first-order chi connectivity index (χ1) is 12.5. The summed E-state index contributed by atoms with van der Waals surface area (Å²) in [5.41, 5.74) is 1.40. The van der Waals surface area contributed by atoms with E-state index in [0.717, 1.165) is 5.56 Å². The van der Waals surface area contributed by atoms with Crippen LogP contribution in [0.3, 0.4) is 0 Å². The highest BCUT2D eigenvalue weighted by molar-refractivity contribution is 6.31. The molecule has 1 heterocycles. The number of ketones is 1. The third-order valence-corrected chi connectivity index (χ3v) is 4.30. The molecular formula is C20H15ClN2O3. The van der Waals surface area contributed by atoms with Crippen LogP contribution in [0.25, 0.3) is 15.7 Å². The van der Waals surface area contributed by atoms with Crippen molar-refractivity contribution in [3.63, 3.8) is 0 Å². The van der Waals surface area contributed by atoms with Gasteiger partial charge in [0.05, 0.1) is 12.1 Å². The van der Waals surface area contributed by atoms with Crippen LogP contribution < -0.4 is 4.74 Å². The van der Waals surface area contributed by atoms with Gasteiger partial charge in [-0.05, 0) is 35.9 Å². The van der Waals surface area contributed by atoms with E-state index < -0.39 is 0 Å². The minimum atomic E-state index is -0.120. The Bertz CT molecular complexity index is 1040. The van der Waals surface area contributed by atoms with Crippen LogP contribution >= 0.6 is 11.6 Å². The quantitative estimate of drug-likeness (QED) is 0.609. The number of fused-ring (bicyclic) bond motifs is 1. The van der Waals surface area contributed by atoms with Gasteiger partial charge in [0.2, 0.25) is 5.69 Å². The topological polar surface area (TPSA) is 63.8 Å². The Balaban J connectivity index is 1.95. The highest BCUT2D eigenvalue weighted by atomic mass is 35.5. The minimum Gasteiger partial charge on any atom is -0.519 e. The van der Waals surface area contributed by atoms with E-state index in [0.29, 0.717) is 40.3 Å². The first kappa shape index (κ1) is 17.7. The number of carbonyl (C=O) groups excluding carboxylic acids is 1. The fraction of sp³-hybridized carbons (Fsp3) is 0.150. The molecule has 0 aliphatic rings. The summed E-state index contributed by atoms with van der Waals surface area (Å²) in [6.45, 7) is 8.95. The van der Waals surface area contributed by atoms with E-state index in [-0.39, 0.29) is 17.2 Å². The molecule has 5 nitrogen and oxygen atoms in total. The molecule has 0 fully saturated rings. The van der Waals surface area contributed by atoms with Gasteiger partial charge in [0.15, 0.2) is 0 Å². The van der Waals surface area contributed by atoms with Crippen LogP contribution in [-0.2, 0) is 11.2 Å². The molecule has 0 amide bonds. The fourth-order valence-electron chi connectivity index (χ4n) is 2.52. The number of phenolic OH excluding ortho intramolecular Hbond substituents is 1. The van der Waals surface area contributed by atoms with Crippen molar-refractivity contribution in [1.29, 1.82) is 0 Å². The highest BCUT2D eigenvalue weighted by Crippen LogP contribution is 2.37. The van der Waals surface area contributed by atoms with Gasteiger partial charge >= 0.3 is 0 Å². The zero-order chi connectivity index (χ0) is 18.7. The normalized spacial score (nSPS) is 10.5. The summed E-state index contributed by atoms with van der Waals surface area (Å²) in [5, 5.41) is 10.9. The Morgan fingerprint density at radius 2 is 2.12 bits per heavy atom. The molecule has 2 aromatic carbocycles. The molecule has 6 heteroatoms. The lowest BCUT2D eigenvalue weighted by Gasteiger charge is -2.11. The van der Waals surface area contributed by atoms with Crippen molar-refractivity contribution in [3.05, 3.63) is 64.6 Å². The molecule has 0 saturated carbocycles. The summed E-state index contributed by atoms with van der Waals surface area (Å²) >= 11 is 6.27. The van der Waals surface area contributed by atoms with E-state index in [4.69, 9.17) is 22.9 Å². The van der Waals surface area contributed by atoms with Gasteiger partial charge in [-0.25, -0.2) is 4.85 Å². The predicted molar refractivity (Wildman–Crippen MR) is 100 cm³/mol. The lowest BCUT2D eigenvalue weighted by molar-refractivity contribution is -0.118. The Hall–Kier alpha value is -3.10. The molecule has 1 aromatic heterocycles. The van der Waals surface area contributed by atoms with E-state index >= 15 is 0 Å². The maximum Gasteiger partial charge on any atom is 0.228 e. The van der Waals surface area contributed by atoms with E-state index in [1.54, 1.807) is 30.5 Å². The van der Waals surface area contributed by atoms with E-state index in [9.17, 15) is 9.90 Å². The third-order valence-electron chi connectivity index (χ3n) is 3.95. The minimum absolute atomic E-state index is 0.118. The summed E-state index contributed by atoms with van der Waals surface area (Å²) < 4.78 is 5.90. The Labute approximate surface area is 155 Å². The molecule has 0 saturated heterocycles. The second kappa shape index (κ2) is 7.42. The van der Waals surface area contributed by atoms with Crippen molar-refractivity contribution in [1.82, 2.24) is 4.98 Å². The Morgan fingerprint density at radius 1 is 1.31 bits per heavy atom. The van der Waals surface area contributed by atoms with Crippen molar-refractivity contribution < 1.29 is 14.6 Å². The molecular weight excluding hydrogens is 352 g/mol. The van der Waals surface area contributed by atoms with Crippen LogP contribution in [-0.4, -0.2) is 15.9 Å². The van der Waals surface area contributed by atoms with Gasteiger partial charge in [-0.15, -0.1) is 0 Å². The number of halogens is 1. The van der Waals surface area contributed by atoms with Crippen LogP contribution in [0.2, 0.25) is 5.02 Å². The molecule has 3 aromatic rings. The monoisotopic (exact) mass is 366 g/mol. The van der Waals surface area contributed by atoms with E-state index in [2.05, 4.69) is 9.83 Å². The zero-order valence-electron chi connectivity index (χ0n) is 14.0. The average Bonchev–Trinajstić information content (AvgIpc) is 2.63. The zero-order valence-corrected chi connectivity index (χ0v) is 14.7. The number of Topliss-reactive ketones (excluding diaryl/α,β-unsaturated/α-hetero) is 1. The van der Waals surface area contributed by atoms with Gasteiger partial charge in [0, 0.05) is 29.4 Å². The van der Waals surface area contributed by atoms with Crippen molar-refractivity contribution in [3.8, 4) is 17.2 Å². The van der Waals surface area contributed by atoms with Crippen molar-refractivity contribution in [2.75, 3.05) is 0 Å². The number of rotatable bonds is 5. The number of hydrogen-bond donors (Lipinski definition) is 1. The molecule has 3 rings (SSSR count). The summed E-state index contributed by atoms with van der Waals surface area (Å²) in [7, 11) is 0. The van der Waals surface area contributed by atoms with Gasteiger partial charge in [-0.3, -0.25) is 9.78 Å². The number of carbonyl (C=O) groups is 1. The van der Waals surface area contributed by atoms with E-state index in [1.807, 2.05) is 6.92 Å². The van der Waals surface area contributed by atoms with Crippen molar-refractivity contribution >= 4 is 34.0 Å². The Morgan fingerprint density at radius 3 is 2.81 bits per heavy atom. The number of ether oxygens (including phenoxy) is 1. The number of pyridine rings is 1. The second-order valence-corrected chi connectivity index (χ2v) is 6.11. The van der Waals surface area contributed by atoms with Crippen molar-refractivity contribution in [2.24, 2.45) is 0 Å². The first-order valence-corrected chi connectivity index (χ1v) is 8.36. The molecule has 0 radical (unpaired) electrons. The van der Waals surface area contributed by atoms with Gasteiger partial charge in [0.1, 0.15) is 23.0 Å². The van der Waals surface area contributed by atoms with Crippen LogP contribution in [0.5, 0.6) is 17.2 Å². The molecule has 130 valence electrons. The van der Waals surface area contributed by atoms with Crippen LogP contribution in [0.4, 0.5) is 5.69 Å². The van der Waals surface area contributed by atoms with Crippen LogP contribution in [0.1, 0.15) is 18.9 Å². The van der Waals surface area contributed by atoms with E-state index in [1.165, 1.54) is 12.1 Å². The van der Waals surface area contributed by atoms with Gasteiger partial charge in [0.25, 0.3) is 0 Å². The second-order valence-electron chi connectivity index (χ2n) is 5.70. The van der Waals surface area contributed by atoms with Crippen molar-refractivity contribution in [2.45, 2.75) is 19.8 Å². The molecule has 26 heavy (non-hydrogen) atoms. The number of benzene rings is 2.